The molecule has 2 bridgehead atoms. The topological polar surface area (TPSA) is 67.9 Å². The lowest BCUT2D eigenvalue weighted by atomic mass is 9.97. The van der Waals surface area contributed by atoms with Crippen molar-refractivity contribution in [3.63, 3.8) is 0 Å². The van der Waals surface area contributed by atoms with Gasteiger partial charge in [-0.15, -0.1) is 0 Å². The highest BCUT2D eigenvalue weighted by Gasteiger charge is 2.39. The number of rotatable bonds is 4. The average molecular weight is 358 g/mol. The van der Waals surface area contributed by atoms with Gasteiger partial charge >= 0.3 is 6.09 Å². The summed E-state index contributed by atoms with van der Waals surface area (Å²) >= 11 is 0. The minimum atomic E-state index is -0.938. The Hall–Kier alpha value is -2.34. The summed E-state index contributed by atoms with van der Waals surface area (Å²) in [7, 11) is 0. The van der Waals surface area contributed by atoms with E-state index in [1.165, 1.54) is 5.06 Å². The fourth-order valence-corrected chi connectivity index (χ4v) is 3.12. The summed E-state index contributed by atoms with van der Waals surface area (Å²) < 4.78 is 5.51. The summed E-state index contributed by atoms with van der Waals surface area (Å²) in [6, 6.07) is 9.43. The lowest BCUT2D eigenvalue weighted by molar-refractivity contribution is -0.236. The van der Waals surface area contributed by atoms with Gasteiger partial charge in [0.25, 0.3) is 5.91 Å². The number of benzene rings is 1. The van der Waals surface area contributed by atoms with Crippen LogP contribution in [0.15, 0.2) is 42.5 Å². The maximum Gasteiger partial charge on any atom is 0.408 e. The minimum Gasteiger partial charge on any atom is -0.436 e. The van der Waals surface area contributed by atoms with Crippen LogP contribution < -0.4 is 5.32 Å². The first-order valence-electron chi connectivity index (χ1n) is 9.03. The number of carbonyl (C=O) groups is 2. The summed E-state index contributed by atoms with van der Waals surface area (Å²) in [5, 5.41) is 4.12. The molecule has 2 unspecified atom stereocenters. The number of carbonyl (C=O) groups excluding carboxylic acids is 2. The first-order valence-corrected chi connectivity index (χ1v) is 9.03. The van der Waals surface area contributed by atoms with Crippen LogP contribution in [0.4, 0.5) is 4.79 Å². The fraction of sp³-hybridized carbons (Fsp3) is 0.500. The van der Waals surface area contributed by atoms with Gasteiger partial charge in [-0.05, 0) is 39.2 Å². The van der Waals surface area contributed by atoms with Crippen LogP contribution in [-0.2, 0) is 20.8 Å². The first-order chi connectivity index (χ1) is 12.3. The molecule has 6 heteroatoms. The van der Waals surface area contributed by atoms with Crippen molar-refractivity contribution in [2.45, 2.75) is 63.8 Å². The van der Waals surface area contributed by atoms with Gasteiger partial charge in [-0.25, -0.2) is 9.86 Å². The standard InChI is InChI=1S/C20H26N2O4/c1-20(2,3)21-19(24)25-17(13-14-7-5-4-6-8-14)18(23)22-15-9-11-16(26-22)12-10-15/h4-9,11,15-17H,10,12-13H2,1-3H3,(H,21,24)/t15?,16?,17-/m0/s1. The number of hydroxylamine groups is 2. The first kappa shape index (κ1) is 18.5. The van der Waals surface area contributed by atoms with Crippen LogP contribution in [-0.4, -0.2) is 40.9 Å². The van der Waals surface area contributed by atoms with Gasteiger partial charge < -0.3 is 10.1 Å². The van der Waals surface area contributed by atoms with E-state index >= 15 is 0 Å². The van der Waals surface area contributed by atoms with Crippen molar-refractivity contribution in [1.29, 1.82) is 0 Å². The monoisotopic (exact) mass is 358 g/mol. The number of nitrogens with zero attached hydrogens (tertiary/aromatic N) is 1. The van der Waals surface area contributed by atoms with Gasteiger partial charge in [-0.1, -0.05) is 42.5 Å². The zero-order valence-corrected chi connectivity index (χ0v) is 15.5. The highest BCUT2D eigenvalue weighted by atomic mass is 16.7. The summed E-state index contributed by atoms with van der Waals surface area (Å²) in [5.41, 5.74) is 0.480. The third kappa shape index (κ3) is 4.64. The van der Waals surface area contributed by atoms with Crippen molar-refractivity contribution >= 4 is 12.0 Å². The average Bonchev–Trinajstić information content (AvgIpc) is 2.61. The molecule has 3 atom stereocenters. The number of ether oxygens (including phenoxy) is 1. The number of hydrogen-bond acceptors (Lipinski definition) is 4. The van der Waals surface area contributed by atoms with Crippen molar-refractivity contribution in [2.75, 3.05) is 0 Å². The molecule has 6 nitrogen and oxygen atoms in total. The molecule has 0 aromatic heterocycles. The Morgan fingerprint density at radius 1 is 1.23 bits per heavy atom. The Morgan fingerprint density at radius 2 is 1.96 bits per heavy atom. The Labute approximate surface area is 154 Å². The van der Waals surface area contributed by atoms with E-state index < -0.39 is 17.7 Å². The van der Waals surface area contributed by atoms with Crippen LogP contribution in [0.2, 0.25) is 0 Å². The predicted octanol–water partition coefficient (Wildman–Crippen LogP) is 2.98. The maximum absolute atomic E-state index is 13.1. The van der Waals surface area contributed by atoms with Gasteiger partial charge in [0.2, 0.25) is 0 Å². The van der Waals surface area contributed by atoms with Crippen molar-refractivity contribution in [2.24, 2.45) is 0 Å². The van der Waals surface area contributed by atoms with Crippen molar-refractivity contribution in [1.82, 2.24) is 10.4 Å². The second-order valence-corrected chi connectivity index (χ2v) is 7.80. The van der Waals surface area contributed by atoms with E-state index in [1.807, 2.05) is 63.3 Å². The molecule has 1 saturated heterocycles. The highest BCUT2D eigenvalue weighted by Crippen LogP contribution is 2.28. The molecular weight excluding hydrogens is 332 g/mol. The highest BCUT2D eigenvalue weighted by molar-refractivity contribution is 5.83. The third-order valence-electron chi connectivity index (χ3n) is 4.33. The van der Waals surface area contributed by atoms with Crippen LogP contribution in [0.1, 0.15) is 39.2 Å². The summed E-state index contributed by atoms with van der Waals surface area (Å²) in [5.74, 6) is -0.322. The van der Waals surface area contributed by atoms with E-state index in [2.05, 4.69) is 5.32 Å². The normalized spacial score (nSPS) is 22.8. The van der Waals surface area contributed by atoms with Crippen LogP contribution in [0.3, 0.4) is 0 Å². The van der Waals surface area contributed by atoms with Gasteiger partial charge in [0.15, 0.2) is 6.10 Å². The van der Waals surface area contributed by atoms with E-state index in [-0.39, 0.29) is 18.1 Å². The largest absolute Gasteiger partial charge is 0.436 e. The van der Waals surface area contributed by atoms with Crippen molar-refractivity contribution in [3.8, 4) is 0 Å². The van der Waals surface area contributed by atoms with Crippen LogP contribution in [0, 0.1) is 0 Å². The fourth-order valence-electron chi connectivity index (χ4n) is 3.12. The summed E-state index contributed by atoms with van der Waals surface area (Å²) in [4.78, 5) is 31.0. The number of alkyl carbamates (subject to hydrolysis) is 1. The second kappa shape index (κ2) is 7.50. The molecule has 2 aliphatic heterocycles. The molecule has 26 heavy (non-hydrogen) atoms. The molecule has 3 aliphatic rings. The van der Waals surface area contributed by atoms with Gasteiger partial charge in [-0.2, -0.15) is 0 Å². The lowest BCUT2D eigenvalue weighted by Gasteiger charge is -2.41. The molecule has 1 fully saturated rings. The number of amides is 2. The van der Waals surface area contributed by atoms with Gasteiger partial charge in [0, 0.05) is 12.0 Å². The van der Waals surface area contributed by atoms with Gasteiger partial charge in [-0.3, -0.25) is 9.63 Å². The zero-order valence-electron chi connectivity index (χ0n) is 15.5. The lowest BCUT2D eigenvalue weighted by Crippen LogP contribution is -2.54. The molecule has 1 aromatic carbocycles. The molecule has 140 valence electrons. The van der Waals surface area contributed by atoms with Gasteiger partial charge in [0.05, 0.1) is 6.04 Å². The van der Waals surface area contributed by atoms with Crippen LogP contribution in [0.25, 0.3) is 0 Å². The molecule has 0 saturated carbocycles. The van der Waals surface area contributed by atoms with E-state index in [9.17, 15) is 9.59 Å². The summed E-state index contributed by atoms with van der Waals surface area (Å²) in [6.45, 7) is 5.58. The Morgan fingerprint density at radius 3 is 2.50 bits per heavy atom. The molecule has 0 radical (unpaired) electrons. The molecule has 1 aliphatic carbocycles. The predicted molar refractivity (Wildman–Crippen MR) is 97.2 cm³/mol. The molecule has 2 heterocycles. The Balaban J connectivity index is 1.74. The smallest absolute Gasteiger partial charge is 0.408 e. The number of hydrogen-bond donors (Lipinski definition) is 1. The second-order valence-electron chi connectivity index (χ2n) is 7.80. The Bertz CT molecular complexity index is 681. The van der Waals surface area contributed by atoms with Crippen LogP contribution in [0.5, 0.6) is 0 Å². The molecule has 0 spiro atoms. The molecule has 2 amide bonds. The van der Waals surface area contributed by atoms with Gasteiger partial charge in [0.1, 0.15) is 6.10 Å². The van der Waals surface area contributed by atoms with E-state index in [0.717, 1.165) is 18.4 Å². The molecule has 1 N–H and O–H groups in total. The number of fused-ring (bicyclic) bond motifs is 2. The number of nitrogens with one attached hydrogen (secondary N) is 1. The third-order valence-corrected chi connectivity index (χ3v) is 4.33. The Kier molecular flexibility index (Phi) is 5.32. The molecule has 4 rings (SSSR count). The zero-order chi connectivity index (χ0) is 18.7. The van der Waals surface area contributed by atoms with E-state index in [1.54, 1.807) is 0 Å². The maximum atomic E-state index is 13.1. The summed E-state index contributed by atoms with van der Waals surface area (Å²) in [6.07, 6.45) is 4.42. The minimum absolute atomic E-state index is 0.0790. The van der Waals surface area contributed by atoms with Crippen molar-refractivity contribution in [3.05, 3.63) is 48.0 Å². The molecular formula is C20H26N2O4. The van der Waals surface area contributed by atoms with E-state index in [4.69, 9.17) is 9.57 Å². The van der Waals surface area contributed by atoms with Crippen LogP contribution >= 0.6 is 0 Å². The SMILES string of the molecule is CC(C)(C)NC(=O)O[C@@H](Cc1ccccc1)C(=O)N1OC2C=CC1CC2. The van der Waals surface area contributed by atoms with Crippen molar-refractivity contribution < 1.29 is 19.2 Å². The molecule has 1 aromatic rings. The quantitative estimate of drug-likeness (QED) is 0.840. The van der Waals surface area contributed by atoms with E-state index in [0.29, 0.717) is 6.42 Å².